The van der Waals surface area contributed by atoms with E-state index in [2.05, 4.69) is 4.98 Å². The van der Waals surface area contributed by atoms with Crippen LogP contribution in [0, 0.1) is 0 Å². The number of hydrogen-bond donors (Lipinski definition) is 2. The molecule has 0 fully saturated rings. The molecule has 0 bridgehead atoms. The zero-order chi connectivity index (χ0) is 9.42. The second-order valence-corrected chi connectivity index (χ2v) is 3.68. The smallest absolute Gasteiger partial charge is 0.133 e. The third kappa shape index (κ3) is 1.37. The van der Waals surface area contributed by atoms with Gasteiger partial charge in [0.15, 0.2) is 0 Å². The molecule has 0 unspecified atom stereocenters. The minimum Gasteiger partial charge on any atom is -0.389 e. The molecular formula is C9H11N3S. The predicted octanol–water partition coefficient (Wildman–Crippen LogP) is 0.787. The van der Waals surface area contributed by atoms with Gasteiger partial charge in [0, 0.05) is 5.69 Å². The van der Waals surface area contributed by atoms with Gasteiger partial charge in [-0.3, -0.25) is 0 Å². The van der Waals surface area contributed by atoms with Crippen LogP contribution >= 0.6 is 12.2 Å². The summed E-state index contributed by atoms with van der Waals surface area (Å²) in [5.41, 5.74) is 14.3. The largest absolute Gasteiger partial charge is 0.389 e. The normalized spacial score (nSPS) is 14.2. The van der Waals surface area contributed by atoms with Gasteiger partial charge in [-0.25, -0.2) is 4.98 Å². The Morgan fingerprint density at radius 3 is 2.92 bits per heavy atom. The van der Waals surface area contributed by atoms with Gasteiger partial charge in [-0.05, 0) is 30.9 Å². The summed E-state index contributed by atoms with van der Waals surface area (Å²) in [5, 5.41) is 0. The van der Waals surface area contributed by atoms with Crippen LogP contribution in [-0.4, -0.2) is 9.97 Å². The molecule has 3 nitrogen and oxygen atoms in total. The SMILES string of the molecule is NC(=S)c1cc2c(nc1N)CCC2. The van der Waals surface area contributed by atoms with Crippen LogP contribution in [0.1, 0.15) is 23.2 Å². The summed E-state index contributed by atoms with van der Waals surface area (Å²) in [6.07, 6.45) is 3.25. The van der Waals surface area contributed by atoms with Crippen molar-refractivity contribution < 1.29 is 0 Å². The van der Waals surface area contributed by atoms with Crippen molar-refractivity contribution in [1.82, 2.24) is 4.98 Å². The van der Waals surface area contributed by atoms with Gasteiger partial charge in [-0.1, -0.05) is 12.2 Å². The summed E-state index contributed by atoms with van der Waals surface area (Å²) in [7, 11) is 0. The Kier molecular flexibility index (Phi) is 1.92. The van der Waals surface area contributed by atoms with Gasteiger partial charge < -0.3 is 11.5 Å². The Morgan fingerprint density at radius 2 is 2.23 bits per heavy atom. The van der Waals surface area contributed by atoms with E-state index in [0.29, 0.717) is 10.8 Å². The van der Waals surface area contributed by atoms with Crippen LogP contribution in [0.3, 0.4) is 0 Å². The number of aryl methyl sites for hydroxylation is 2. The van der Waals surface area contributed by atoms with E-state index < -0.39 is 0 Å². The van der Waals surface area contributed by atoms with Crippen molar-refractivity contribution >= 4 is 23.0 Å². The molecule has 4 N–H and O–H groups in total. The number of pyridine rings is 1. The lowest BCUT2D eigenvalue weighted by molar-refractivity contribution is 0.900. The van der Waals surface area contributed by atoms with Gasteiger partial charge >= 0.3 is 0 Å². The number of nitrogen functional groups attached to an aromatic ring is 1. The van der Waals surface area contributed by atoms with Crippen molar-refractivity contribution in [3.8, 4) is 0 Å². The standard InChI is InChI=1S/C9H11N3S/c10-8-6(9(11)13)4-5-2-1-3-7(5)12-8/h4H,1-3H2,(H2,10,12)(H2,11,13). The highest BCUT2D eigenvalue weighted by molar-refractivity contribution is 7.80. The topological polar surface area (TPSA) is 64.9 Å². The summed E-state index contributed by atoms with van der Waals surface area (Å²) >= 11 is 4.88. The van der Waals surface area contributed by atoms with Crippen molar-refractivity contribution in [2.75, 3.05) is 5.73 Å². The summed E-state index contributed by atoms with van der Waals surface area (Å²) in [5.74, 6) is 0.466. The van der Waals surface area contributed by atoms with Gasteiger partial charge in [-0.2, -0.15) is 0 Å². The monoisotopic (exact) mass is 193 g/mol. The summed E-state index contributed by atoms with van der Waals surface area (Å²) in [4.78, 5) is 4.62. The molecule has 0 saturated carbocycles. The molecule has 0 radical (unpaired) electrons. The third-order valence-electron chi connectivity index (χ3n) is 2.35. The Balaban J connectivity index is 2.55. The van der Waals surface area contributed by atoms with Gasteiger partial charge in [0.05, 0.1) is 5.56 Å². The average Bonchev–Trinajstić information content (AvgIpc) is 2.48. The van der Waals surface area contributed by atoms with E-state index in [4.69, 9.17) is 23.7 Å². The zero-order valence-corrected chi connectivity index (χ0v) is 8.03. The third-order valence-corrected chi connectivity index (χ3v) is 2.57. The number of aromatic nitrogens is 1. The summed E-state index contributed by atoms with van der Waals surface area (Å²) < 4.78 is 0. The van der Waals surface area contributed by atoms with Gasteiger partial charge in [0.2, 0.25) is 0 Å². The van der Waals surface area contributed by atoms with Crippen LogP contribution in [-0.2, 0) is 12.8 Å². The fourth-order valence-corrected chi connectivity index (χ4v) is 1.85. The number of nitrogens with two attached hydrogens (primary N) is 2. The molecule has 1 aliphatic carbocycles. The van der Waals surface area contributed by atoms with Crippen LogP contribution in [0.25, 0.3) is 0 Å². The van der Waals surface area contributed by atoms with E-state index in [-0.39, 0.29) is 0 Å². The van der Waals surface area contributed by atoms with Crippen molar-refractivity contribution in [3.63, 3.8) is 0 Å². The molecular weight excluding hydrogens is 182 g/mol. The Morgan fingerprint density at radius 1 is 1.46 bits per heavy atom. The van der Waals surface area contributed by atoms with Gasteiger partial charge in [-0.15, -0.1) is 0 Å². The summed E-state index contributed by atoms with van der Waals surface area (Å²) in [6, 6.07) is 1.98. The molecule has 0 atom stereocenters. The molecule has 1 aromatic heterocycles. The number of thiocarbonyl (C=S) groups is 1. The van der Waals surface area contributed by atoms with Crippen LogP contribution in [0.4, 0.5) is 5.82 Å². The number of rotatable bonds is 1. The van der Waals surface area contributed by atoms with E-state index in [1.165, 1.54) is 5.56 Å². The highest BCUT2D eigenvalue weighted by atomic mass is 32.1. The molecule has 1 aromatic rings. The van der Waals surface area contributed by atoms with Crippen molar-refractivity contribution in [2.45, 2.75) is 19.3 Å². The van der Waals surface area contributed by atoms with Crippen molar-refractivity contribution in [2.24, 2.45) is 5.73 Å². The number of hydrogen-bond acceptors (Lipinski definition) is 3. The zero-order valence-electron chi connectivity index (χ0n) is 7.21. The molecule has 68 valence electrons. The number of fused-ring (bicyclic) bond motifs is 1. The second kappa shape index (κ2) is 2.96. The van der Waals surface area contributed by atoms with Gasteiger partial charge in [0.1, 0.15) is 10.8 Å². The minimum atomic E-state index is 0.333. The molecule has 0 amide bonds. The molecule has 4 heteroatoms. The van der Waals surface area contributed by atoms with Gasteiger partial charge in [0.25, 0.3) is 0 Å². The fourth-order valence-electron chi connectivity index (χ4n) is 1.69. The fraction of sp³-hybridized carbons (Fsp3) is 0.333. The molecule has 1 heterocycles. The van der Waals surface area contributed by atoms with Crippen LogP contribution < -0.4 is 11.5 Å². The quantitative estimate of drug-likeness (QED) is 0.647. The first-order valence-corrected chi connectivity index (χ1v) is 4.67. The first-order valence-electron chi connectivity index (χ1n) is 4.26. The van der Waals surface area contributed by atoms with Crippen LogP contribution in [0.2, 0.25) is 0 Å². The lowest BCUT2D eigenvalue weighted by Crippen LogP contribution is -2.14. The highest BCUT2D eigenvalue weighted by Crippen LogP contribution is 2.23. The highest BCUT2D eigenvalue weighted by Gasteiger charge is 2.15. The van der Waals surface area contributed by atoms with E-state index in [1.54, 1.807) is 0 Å². The van der Waals surface area contributed by atoms with Crippen LogP contribution in [0.5, 0.6) is 0 Å². The Labute approximate surface area is 82.1 Å². The summed E-state index contributed by atoms with van der Waals surface area (Å²) in [6.45, 7) is 0. The Bertz CT molecular complexity index is 373. The molecule has 1 aliphatic rings. The predicted molar refractivity (Wildman–Crippen MR) is 56.6 cm³/mol. The first-order chi connectivity index (χ1) is 6.18. The number of anilines is 1. The molecule has 0 aromatic carbocycles. The van der Waals surface area contributed by atoms with E-state index in [0.717, 1.165) is 30.5 Å². The molecule has 0 spiro atoms. The maximum absolute atomic E-state index is 5.72. The van der Waals surface area contributed by atoms with E-state index in [1.807, 2.05) is 6.07 Å². The lowest BCUT2D eigenvalue weighted by atomic mass is 10.1. The molecule has 2 rings (SSSR count). The molecule has 0 aliphatic heterocycles. The second-order valence-electron chi connectivity index (χ2n) is 3.24. The van der Waals surface area contributed by atoms with Crippen LogP contribution in [0.15, 0.2) is 6.07 Å². The lowest BCUT2D eigenvalue weighted by Gasteiger charge is -2.05. The maximum atomic E-state index is 5.72. The number of nitrogens with zero attached hydrogens (tertiary/aromatic N) is 1. The van der Waals surface area contributed by atoms with Crippen molar-refractivity contribution in [3.05, 3.63) is 22.9 Å². The minimum absolute atomic E-state index is 0.333. The molecule has 13 heavy (non-hydrogen) atoms. The Hall–Kier alpha value is -1.16. The van der Waals surface area contributed by atoms with Crippen molar-refractivity contribution in [1.29, 1.82) is 0 Å². The first kappa shape index (κ1) is 8.44. The maximum Gasteiger partial charge on any atom is 0.133 e. The average molecular weight is 193 g/mol. The van der Waals surface area contributed by atoms with E-state index in [9.17, 15) is 0 Å². The molecule has 0 saturated heterocycles. The van der Waals surface area contributed by atoms with E-state index >= 15 is 0 Å².